The van der Waals surface area contributed by atoms with E-state index in [9.17, 15) is 33.6 Å². The number of benzene rings is 2. The zero-order valence-corrected chi connectivity index (χ0v) is 39.0. The average molecular weight is 890 g/mol. The molecule has 6 N–H and O–H groups in total. The topological polar surface area (TPSA) is 213 Å². The molecule has 16 heteroatoms. The van der Waals surface area contributed by atoms with Gasteiger partial charge in [-0.3, -0.25) is 24.0 Å². The summed E-state index contributed by atoms with van der Waals surface area (Å²) >= 11 is 0. The zero-order valence-electron chi connectivity index (χ0n) is 39.0. The zero-order chi connectivity index (χ0) is 47.1. The van der Waals surface area contributed by atoms with Crippen LogP contribution in [0.15, 0.2) is 60.7 Å². The van der Waals surface area contributed by atoms with E-state index in [0.29, 0.717) is 58.3 Å². The number of alkyl carbamates (subject to hydrolysis) is 2. The molecule has 0 aromatic heterocycles. The predicted molar refractivity (Wildman–Crippen MR) is 243 cm³/mol. The van der Waals surface area contributed by atoms with Gasteiger partial charge in [-0.15, -0.1) is 0 Å². The van der Waals surface area contributed by atoms with E-state index in [1.807, 2.05) is 74.5 Å². The second-order valence-corrected chi connectivity index (χ2v) is 19.6. The third-order valence-electron chi connectivity index (χ3n) is 11.1. The molecule has 4 atom stereocenters. The van der Waals surface area contributed by atoms with Gasteiger partial charge in [-0.25, -0.2) is 9.59 Å². The highest BCUT2D eigenvalue weighted by molar-refractivity contribution is 5.95. The molecule has 64 heavy (non-hydrogen) atoms. The van der Waals surface area contributed by atoms with Crippen LogP contribution in [0.5, 0.6) is 0 Å². The number of likely N-dealkylation sites (tertiary alicyclic amines) is 1. The van der Waals surface area contributed by atoms with Crippen LogP contribution in [-0.4, -0.2) is 108 Å². The van der Waals surface area contributed by atoms with E-state index in [2.05, 4.69) is 31.9 Å². The van der Waals surface area contributed by atoms with Crippen molar-refractivity contribution < 1.29 is 43.0 Å². The number of piperidine rings is 1. The van der Waals surface area contributed by atoms with Gasteiger partial charge in [0.25, 0.3) is 0 Å². The van der Waals surface area contributed by atoms with Crippen molar-refractivity contribution in [3.8, 4) is 0 Å². The van der Waals surface area contributed by atoms with Crippen LogP contribution in [0.3, 0.4) is 0 Å². The van der Waals surface area contributed by atoms with Gasteiger partial charge >= 0.3 is 12.2 Å². The Kier molecular flexibility index (Phi) is 18.6. The second-order valence-electron chi connectivity index (χ2n) is 19.6. The van der Waals surface area contributed by atoms with Gasteiger partial charge in [-0.2, -0.15) is 0 Å². The highest BCUT2D eigenvalue weighted by Crippen LogP contribution is 2.37. The summed E-state index contributed by atoms with van der Waals surface area (Å²) in [6.07, 6.45) is 2.08. The van der Waals surface area contributed by atoms with Crippen LogP contribution in [0.25, 0.3) is 0 Å². The molecule has 2 aromatic rings. The molecule has 2 aromatic carbocycles. The van der Waals surface area contributed by atoms with Crippen LogP contribution < -0.4 is 31.9 Å². The van der Waals surface area contributed by atoms with Crippen molar-refractivity contribution in [2.75, 3.05) is 26.2 Å². The third kappa shape index (κ3) is 17.5. The van der Waals surface area contributed by atoms with Crippen molar-refractivity contribution in [3.63, 3.8) is 0 Å². The van der Waals surface area contributed by atoms with Crippen molar-refractivity contribution in [3.05, 3.63) is 71.8 Å². The first-order valence-corrected chi connectivity index (χ1v) is 22.6. The molecule has 7 amide bonds. The maximum Gasteiger partial charge on any atom is 0.408 e. The minimum atomic E-state index is -1.16. The summed E-state index contributed by atoms with van der Waals surface area (Å²) in [6.45, 7) is 16.1. The van der Waals surface area contributed by atoms with Crippen molar-refractivity contribution in [1.29, 1.82) is 0 Å². The summed E-state index contributed by atoms with van der Waals surface area (Å²) in [4.78, 5) is 96.2. The molecule has 16 nitrogen and oxygen atoms in total. The Morgan fingerprint density at radius 3 is 1.66 bits per heavy atom. The Balaban J connectivity index is 1.53. The Morgan fingerprint density at radius 2 is 1.16 bits per heavy atom. The van der Waals surface area contributed by atoms with Gasteiger partial charge in [0.1, 0.15) is 35.4 Å². The fourth-order valence-electron chi connectivity index (χ4n) is 7.85. The second kappa shape index (κ2) is 23.3. The van der Waals surface area contributed by atoms with Crippen LogP contribution >= 0.6 is 0 Å². The summed E-state index contributed by atoms with van der Waals surface area (Å²) in [7, 11) is 0. The van der Waals surface area contributed by atoms with Crippen molar-refractivity contribution in [2.45, 2.75) is 149 Å². The summed E-state index contributed by atoms with van der Waals surface area (Å²) in [6, 6.07) is 14.0. The maximum absolute atomic E-state index is 14.4. The van der Waals surface area contributed by atoms with Crippen LogP contribution in [0.4, 0.5) is 9.59 Å². The lowest BCUT2D eigenvalue weighted by Gasteiger charge is -2.39. The number of unbranched alkanes of at least 4 members (excludes halogenated alkanes) is 1. The van der Waals surface area contributed by atoms with Crippen LogP contribution in [0.1, 0.15) is 111 Å². The number of amides is 7. The number of nitrogens with one attached hydrogen (secondary N) is 6. The highest BCUT2D eigenvalue weighted by Gasteiger charge is 2.43. The van der Waals surface area contributed by atoms with E-state index in [-0.39, 0.29) is 48.8 Å². The summed E-state index contributed by atoms with van der Waals surface area (Å²) in [5.41, 5.74) is -0.145. The molecule has 2 saturated heterocycles. The van der Waals surface area contributed by atoms with Crippen molar-refractivity contribution >= 4 is 41.7 Å². The Morgan fingerprint density at radius 1 is 0.672 bits per heavy atom. The van der Waals surface area contributed by atoms with Gasteiger partial charge in [0.2, 0.25) is 29.5 Å². The largest absolute Gasteiger partial charge is 0.444 e. The summed E-state index contributed by atoms with van der Waals surface area (Å²) in [5, 5.41) is 17.1. The molecule has 2 aliphatic rings. The first kappa shape index (κ1) is 51.0. The molecule has 2 heterocycles. The minimum Gasteiger partial charge on any atom is -0.444 e. The van der Waals surface area contributed by atoms with E-state index in [1.54, 1.807) is 46.4 Å². The van der Waals surface area contributed by atoms with E-state index in [0.717, 1.165) is 11.1 Å². The van der Waals surface area contributed by atoms with Crippen LogP contribution in [0.2, 0.25) is 0 Å². The van der Waals surface area contributed by atoms with Crippen molar-refractivity contribution in [1.82, 2.24) is 36.8 Å². The molecule has 0 bridgehead atoms. The lowest BCUT2D eigenvalue weighted by molar-refractivity contribution is -0.139. The molecule has 2 fully saturated rings. The molecule has 0 unspecified atom stereocenters. The van der Waals surface area contributed by atoms with Crippen LogP contribution in [-0.2, 0) is 46.3 Å². The number of hydrogen-bond acceptors (Lipinski definition) is 9. The normalized spacial score (nSPS) is 16.7. The molecule has 0 radical (unpaired) electrons. The first-order chi connectivity index (χ1) is 30.1. The fraction of sp³-hybridized carbons (Fsp3) is 0.604. The van der Waals surface area contributed by atoms with Gasteiger partial charge in [0, 0.05) is 45.4 Å². The number of hydrogen-bond donors (Lipinski definition) is 6. The monoisotopic (exact) mass is 890 g/mol. The summed E-state index contributed by atoms with van der Waals surface area (Å²) < 4.78 is 10.8. The third-order valence-corrected chi connectivity index (χ3v) is 11.1. The number of nitrogens with zero attached hydrogens (tertiary/aromatic N) is 1. The smallest absolute Gasteiger partial charge is 0.408 e. The Labute approximate surface area is 378 Å². The average Bonchev–Trinajstić information content (AvgIpc) is 3.57. The van der Waals surface area contributed by atoms with E-state index < -0.39 is 65.3 Å². The highest BCUT2D eigenvalue weighted by atomic mass is 16.6. The van der Waals surface area contributed by atoms with E-state index >= 15 is 0 Å². The van der Waals surface area contributed by atoms with Gasteiger partial charge in [-0.1, -0.05) is 74.5 Å². The lowest BCUT2D eigenvalue weighted by Crippen LogP contribution is -2.59. The van der Waals surface area contributed by atoms with Gasteiger partial charge < -0.3 is 46.3 Å². The fourth-order valence-corrected chi connectivity index (χ4v) is 7.85. The molecule has 1 spiro atoms. The van der Waals surface area contributed by atoms with Gasteiger partial charge in [0.15, 0.2) is 0 Å². The van der Waals surface area contributed by atoms with E-state index in [1.165, 1.54) is 0 Å². The van der Waals surface area contributed by atoms with E-state index in [4.69, 9.17) is 9.47 Å². The number of carbonyl (C=O) groups excluding carboxylic acids is 7. The van der Waals surface area contributed by atoms with Gasteiger partial charge in [-0.05, 0) is 103 Å². The molecule has 352 valence electrons. The Bertz CT molecular complexity index is 1890. The molecule has 2 aliphatic heterocycles. The number of carbonyl (C=O) groups is 7. The quantitative estimate of drug-likeness (QED) is 0.108. The minimum absolute atomic E-state index is 0.0122. The lowest BCUT2D eigenvalue weighted by atomic mass is 9.77. The SMILES string of the molecule is CC(C)C[C@@H](NC(=O)[C@@H](Cc1ccccc1)NC(=O)[C@@H](Cc1ccccc1)NC(=O)OC(C)(C)C)C(=O)N[C@H](CCCCNC(=O)OC(C)(C)C)C(=O)N1CCC2(CC1)CNC(=O)C2. The molecular formula is C48H71N7O9. The first-order valence-electron chi connectivity index (χ1n) is 22.6. The van der Waals surface area contributed by atoms with Gasteiger partial charge in [0.05, 0.1) is 0 Å². The van der Waals surface area contributed by atoms with Crippen LogP contribution in [0, 0.1) is 11.3 Å². The molecule has 0 aliphatic carbocycles. The van der Waals surface area contributed by atoms with Crippen molar-refractivity contribution in [2.24, 2.45) is 11.3 Å². The number of ether oxygens (including phenoxy) is 2. The molecule has 0 saturated carbocycles. The standard InChI is InChI=1S/C48H71N7O9/c1-32(2)27-36(40(57)51-35(21-15-16-24-49-44(61)63-46(3,4)5)43(60)55-25-22-48(23-26-55)30-39(56)50-31-48)52-41(58)37(28-33-17-11-9-12-18-33)53-42(59)38(29-34-19-13-10-14-20-34)54-45(62)64-47(6,7)8/h9-14,17-20,32,35-38H,15-16,21-31H2,1-8H3,(H,49,61)(H,50,56)(H,51,57)(H,52,58)(H,53,59)(H,54,62)/t35-,36-,37-,38-/m1/s1. The Hall–Kier alpha value is -5.67. The summed E-state index contributed by atoms with van der Waals surface area (Å²) in [5.74, 6) is -2.09. The molecule has 4 rings (SSSR count). The number of rotatable bonds is 19. The maximum atomic E-state index is 14.4. The predicted octanol–water partition coefficient (Wildman–Crippen LogP) is 4.69. The molecular weight excluding hydrogens is 819 g/mol.